The van der Waals surface area contributed by atoms with Crippen molar-refractivity contribution in [2.45, 2.75) is 19.9 Å². The average Bonchev–Trinajstić information content (AvgIpc) is 3.15. The number of ether oxygens (including phenoxy) is 1. The van der Waals surface area contributed by atoms with Gasteiger partial charge in [0.2, 0.25) is 5.91 Å². The van der Waals surface area contributed by atoms with Crippen molar-refractivity contribution in [3.8, 4) is 16.3 Å². The number of carbonyl (C=O) groups excluding carboxylic acids is 1. The molecule has 1 aromatic heterocycles. The van der Waals surface area contributed by atoms with Gasteiger partial charge in [0, 0.05) is 24.0 Å². The standard InChI is InChI=1S/C21H20F2N2O2S/c1-3-25(12-14-4-9-19(27-2)18(23)10-14)20(26)11-17-13-28-21(24-17)15-5-7-16(22)8-6-15/h4-10,13H,3,11-12H2,1-2H3. The Morgan fingerprint density at radius 3 is 2.57 bits per heavy atom. The van der Waals surface area contributed by atoms with E-state index in [1.807, 2.05) is 12.3 Å². The summed E-state index contributed by atoms with van der Waals surface area (Å²) in [6.07, 6.45) is 0.157. The van der Waals surface area contributed by atoms with E-state index in [-0.39, 0.29) is 23.9 Å². The lowest BCUT2D eigenvalue weighted by Gasteiger charge is -2.21. The van der Waals surface area contributed by atoms with Crippen molar-refractivity contribution in [2.24, 2.45) is 0 Å². The van der Waals surface area contributed by atoms with Gasteiger partial charge >= 0.3 is 0 Å². The highest BCUT2D eigenvalue weighted by Gasteiger charge is 2.16. The van der Waals surface area contributed by atoms with E-state index < -0.39 is 5.82 Å². The molecule has 4 nitrogen and oxygen atoms in total. The highest BCUT2D eigenvalue weighted by atomic mass is 32.1. The summed E-state index contributed by atoms with van der Waals surface area (Å²) >= 11 is 1.41. The Bertz CT molecular complexity index is 957. The Hall–Kier alpha value is -2.80. The minimum absolute atomic E-state index is 0.0883. The molecule has 2 aromatic carbocycles. The number of amides is 1. The van der Waals surface area contributed by atoms with Crippen LogP contribution in [0.1, 0.15) is 18.2 Å². The summed E-state index contributed by atoms with van der Waals surface area (Å²) in [4.78, 5) is 18.8. The molecule has 3 rings (SSSR count). The molecule has 0 aliphatic carbocycles. The van der Waals surface area contributed by atoms with Gasteiger partial charge in [-0.15, -0.1) is 11.3 Å². The molecule has 0 N–H and O–H groups in total. The number of hydrogen-bond acceptors (Lipinski definition) is 4. The Labute approximate surface area is 166 Å². The van der Waals surface area contributed by atoms with Gasteiger partial charge in [0.05, 0.1) is 19.2 Å². The second-order valence-electron chi connectivity index (χ2n) is 6.20. The molecular weight excluding hydrogens is 382 g/mol. The fourth-order valence-electron chi connectivity index (χ4n) is 2.78. The van der Waals surface area contributed by atoms with E-state index in [4.69, 9.17) is 4.74 Å². The predicted octanol–water partition coefficient (Wildman–Crippen LogP) is 4.69. The van der Waals surface area contributed by atoms with Crippen LogP contribution in [-0.4, -0.2) is 29.4 Å². The first-order chi connectivity index (χ1) is 13.5. The molecule has 1 heterocycles. The van der Waals surface area contributed by atoms with Crippen molar-refractivity contribution in [1.82, 2.24) is 9.88 Å². The Morgan fingerprint density at radius 1 is 1.18 bits per heavy atom. The van der Waals surface area contributed by atoms with Gasteiger partial charge in [-0.2, -0.15) is 0 Å². The first kappa shape index (κ1) is 19.9. The zero-order chi connectivity index (χ0) is 20.1. The summed E-state index contributed by atoms with van der Waals surface area (Å²) < 4.78 is 31.9. The van der Waals surface area contributed by atoms with Crippen molar-refractivity contribution in [1.29, 1.82) is 0 Å². The molecule has 0 saturated heterocycles. The molecule has 3 aromatic rings. The third kappa shape index (κ3) is 4.72. The van der Waals surface area contributed by atoms with E-state index in [9.17, 15) is 13.6 Å². The summed E-state index contributed by atoms with van der Waals surface area (Å²) in [6.45, 7) is 2.69. The van der Waals surface area contributed by atoms with Crippen LogP contribution in [0, 0.1) is 11.6 Å². The van der Waals surface area contributed by atoms with Crippen LogP contribution < -0.4 is 4.74 Å². The van der Waals surface area contributed by atoms with Crippen molar-refractivity contribution in [3.63, 3.8) is 0 Å². The normalized spacial score (nSPS) is 10.7. The first-order valence-corrected chi connectivity index (χ1v) is 9.68. The Balaban J connectivity index is 1.67. The highest BCUT2D eigenvalue weighted by Crippen LogP contribution is 2.24. The van der Waals surface area contributed by atoms with Crippen molar-refractivity contribution in [2.75, 3.05) is 13.7 Å². The largest absolute Gasteiger partial charge is 0.494 e. The van der Waals surface area contributed by atoms with Crippen LogP contribution in [-0.2, 0) is 17.8 Å². The van der Waals surface area contributed by atoms with Gasteiger partial charge < -0.3 is 9.64 Å². The average molecular weight is 402 g/mol. The SMILES string of the molecule is CCN(Cc1ccc(OC)c(F)c1)C(=O)Cc1csc(-c2ccc(F)cc2)n1. The second kappa shape index (κ2) is 8.93. The number of benzene rings is 2. The first-order valence-electron chi connectivity index (χ1n) is 8.80. The maximum absolute atomic E-state index is 13.9. The quantitative estimate of drug-likeness (QED) is 0.576. The van der Waals surface area contributed by atoms with E-state index in [0.717, 1.165) is 10.6 Å². The van der Waals surface area contributed by atoms with Gasteiger partial charge in [-0.1, -0.05) is 6.07 Å². The number of thiazole rings is 1. The van der Waals surface area contributed by atoms with Gasteiger partial charge in [-0.3, -0.25) is 4.79 Å². The van der Waals surface area contributed by atoms with E-state index in [1.165, 1.54) is 36.6 Å². The van der Waals surface area contributed by atoms with Crippen LogP contribution in [0.4, 0.5) is 8.78 Å². The van der Waals surface area contributed by atoms with E-state index in [1.54, 1.807) is 29.2 Å². The van der Waals surface area contributed by atoms with Gasteiger partial charge in [0.1, 0.15) is 10.8 Å². The molecule has 0 aliphatic heterocycles. The monoisotopic (exact) mass is 402 g/mol. The van der Waals surface area contributed by atoms with E-state index in [0.29, 0.717) is 24.3 Å². The van der Waals surface area contributed by atoms with E-state index >= 15 is 0 Å². The molecule has 0 saturated carbocycles. The summed E-state index contributed by atoms with van der Waals surface area (Å²) in [5, 5.41) is 2.57. The van der Waals surface area contributed by atoms with Gasteiger partial charge in [-0.25, -0.2) is 13.8 Å². The maximum atomic E-state index is 13.9. The number of rotatable bonds is 7. The summed E-state index contributed by atoms with van der Waals surface area (Å²) in [5.41, 5.74) is 2.17. The fraction of sp³-hybridized carbons (Fsp3) is 0.238. The van der Waals surface area contributed by atoms with Crippen LogP contribution >= 0.6 is 11.3 Å². The Morgan fingerprint density at radius 2 is 1.93 bits per heavy atom. The number of carbonyl (C=O) groups is 1. The molecule has 0 radical (unpaired) electrons. The molecule has 1 amide bonds. The zero-order valence-corrected chi connectivity index (χ0v) is 16.4. The van der Waals surface area contributed by atoms with Crippen molar-refractivity contribution >= 4 is 17.2 Å². The Kier molecular flexibility index (Phi) is 6.36. The van der Waals surface area contributed by atoms with Crippen LogP contribution in [0.3, 0.4) is 0 Å². The summed E-state index contributed by atoms with van der Waals surface area (Å²) in [7, 11) is 1.41. The molecule has 7 heteroatoms. The van der Waals surface area contributed by atoms with Crippen LogP contribution in [0.15, 0.2) is 47.8 Å². The van der Waals surface area contributed by atoms with Gasteiger partial charge in [0.25, 0.3) is 0 Å². The molecule has 0 spiro atoms. The number of nitrogens with zero attached hydrogens (tertiary/aromatic N) is 2. The lowest BCUT2D eigenvalue weighted by molar-refractivity contribution is -0.130. The maximum Gasteiger partial charge on any atom is 0.228 e. The van der Waals surface area contributed by atoms with Crippen molar-refractivity contribution in [3.05, 3.63) is 70.7 Å². The summed E-state index contributed by atoms with van der Waals surface area (Å²) in [6, 6.07) is 10.8. The number of hydrogen-bond donors (Lipinski definition) is 0. The minimum atomic E-state index is -0.452. The third-order valence-electron chi connectivity index (χ3n) is 4.30. The molecule has 146 valence electrons. The topological polar surface area (TPSA) is 42.4 Å². The zero-order valence-electron chi connectivity index (χ0n) is 15.6. The van der Waals surface area contributed by atoms with E-state index in [2.05, 4.69) is 4.98 Å². The number of likely N-dealkylation sites (N-methyl/N-ethyl adjacent to an activating group) is 1. The number of halogens is 2. The number of aromatic nitrogens is 1. The lowest BCUT2D eigenvalue weighted by Crippen LogP contribution is -2.31. The second-order valence-corrected chi connectivity index (χ2v) is 7.06. The molecule has 0 fully saturated rings. The molecule has 0 aliphatic rings. The number of methoxy groups -OCH3 is 1. The fourth-order valence-corrected chi connectivity index (χ4v) is 3.61. The molecule has 0 unspecified atom stereocenters. The predicted molar refractivity (Wildman–Crippen MR) is 105 cm³/mol. The molecule has 0 atom stereocenters. The smallest absolute Gasteiger partial charge is 0.228 e. The molecular formula is C21H20F2N2O2S. The van der Waals surface area contributed by atoms with Crippen molar-refractivity contribution < 1.29 is 18.3 Å². The van der Waals surface area contributed by atoms with Gasteiger partial charge in [-0.05, 0) is 48.9 Å². The molecule has 0 bridgehead atoms. The molecule has 28 heavy (non-hydrogen) atoms. The summed E-state index contributed by atoms with van der Waals surface area (Å²) in [5.74, 6) is -0.667. The highest BCUT2D eigenvalue weighted by molar-refractivity contribution is 7.13. The van der Waals surface area contributed by atoms with Gasteiger partial charge in [0.15, 0.2) is 11.6 Å². The van der Waals surface area contributed by atoms with Crippen LogP contribution in [0.25, 0.3) is 10.6 Å². The lowest BCUT2D eigenvalue weighted by atomic mass is 10.2. The van der Waals surface area contributed by atoms with Crippen LogP contribution in [0.5, 0.6) is 5.75 Å². The minimum Gasteiger partial charge on any atom is -0.494 e. The van der Waals surface area contributed by atoms with Crippen LogP contribution in [0.2, 0.25) is 0 Å². The third-order valence-corrected chi connectivity index (χ3v) is 5.24.